The molecule has 1 atom stereocenters. The summed E-state index contributed by atoms with van der Waals surface area (Å²) in [5.74, 6) is 0.130. The van der Waals surface area contributed by atoms with Crippen LogP contribution in [0.25, 0.3) is 0 Å². The maximum Gasteiger partial charge on any atom is 0.329 e. The molecule has 4 nitrogen and oxygen atoms in total. The van der Waals surface area contributed by atoms with Gasteiger partial charge in [0.25, 0.3) is 0 Å². The van der Waals surface area contributed by atoms with Crippen molar-refractivity contribution in [3.05, 3.63) is 35.9 Å². The molecule has 1 amide bonds. The molecule has 1 saturated heterocycles. The van der Waals surface area contributed by atoms with Crippen LogP contribution < -0.4 is 0 Å². The highest BCUT2D eigenvalue weighted by Crippen LogP contribution is 2.20. The lowest BCUT2D eigenvalue weighted by Gasteiger charge is -2.34. The molecule has 22 heavy (non-hydrogen) atoms. The SMILES string of the molecule is CC(C)C[C@@H](C(=O)OCc1ccccc1)N1CCCCC1=O. The summed E-state index contributed by atoms with van der Waals surface area (Å²) in [5, 5.41) is 0. The molecular formula is C18H25NO3. The maximum atomic E-state index is 12.5. The zero-order valence-electron chi connectivity index (χ0n) is 13.5. The Balaban J connectivity index is 2.00. The van der Waals surface area contributed by atoms with Crippen LogP contribution >= 0.6 is 0 Å². The number of carbonyl (C=O) groups excluding carboxylic acids is 2. The molecule has 0 aliphatic carbocycles. The number of likely N-dealkylation sites (tertiary alicyclic amines) is 1. The zero-order valence-corrected chi connectivity index (χ0v) is 13.5. The minimum Gasteiger partial charge on any atom is -0.459 e. The number of rotatable bonds is 6. The van der Waals surface area contributed by atoms with Gasteiger partial charge in [-0.15, -0.1) is 0 Å². The van der Waals surface area contributed by atoms with Gasteiger partial charge in [-0.25, -0.2) is 4.79 Å². The second kappa shape index (κ2) is 7.97. The van der Waals surface area contributed by atoms with Crippen LogP contribution in [0.15, 0.2) is 30.3 Å². The highest BCUT2D eigenvalue weighted by atomic mass is 16.5. The summed E-state index contributed by atoms with van der Waals surface area (Å²) < 4.78 is 5.46. The predicted molar refractivity (Wildman–Crippen MR) is 85.0 cm³/mol. The van der Waals surface area contributed by atoms with Crippen LogP contribution in [-0.4, -0.2) is 29.4 Å². The van der Waals surface area contributed by atoms with Crippen LogP contribution in [0.1, 0.15) is 45.1 Å². The van der Waals surface area contributed by atoms with Gasteiger partial charge in [0.05, 0.1) is 0 Å². The van der Waals surface area contributed by atoms with Crippen molar-refractivity contribution < 1.29 is 14.3 Å². The molecule has 0 aromatic heterocycles. The molecule has 120 valence electrons. The van der Waals surface area contributed by atoms with E-state index in [1.165, 1.54) is 0 Å². The van der Waals surface area contributed by atoms with E-state index in [2.05, 4.69) is 13.8 Å². The van der Waals surface area contributed by atoms with Crippen molar-refractivity contribution in [2.45, 2.75) is 52.2 Å². The van der Waals surface area contributed by atoms with Gasteiger partial charge >= 0.3 is 5.97 Å². The summed E-state index contributed by atoms with van der Waals surface area (Å²) in [6, 6.07) is 9.18. The third-order valence-corrected chi connectivity index (χ3v) is 3.93. The summed E-state index contributed by atoms with van der Waals surface area (Å²) in [6.45, 7) is 5.05. The Morgan fingerprint density at radius 1 is 1.23 bits per heavy atom. The minimum absolute atomic E-state index is 0.0774. The lowest BCUT2D eigenvalue weighted by atomic mass is 9.99. The van der Waals surface area contributed by atoms with Gasteiger partial charge in [-0.05, 0) is 30.7 Å². The monoisotopic (exact) mass is 303 g/mol. The number of hydrogen-bond donors (Lipinski definition) is 0. The number of benzene rings is 1. The highest BCUT2D eigenvalue weighted by molar-refractivity contribution is 5.85. The fraction of sp³-hybridized carbons (Fsp3) is 0.556. The fourth-order valence-electron chi connectivity index (χ4n) is 2.78. The minimum atomic E-state index is -0.448. The molecule has 1 heterocycles. The van der Waals surface area contributed by atoms with Crippen molar-refractivity contribution in [1.82, 2.24) is 4.90 Å². The number of esters is 1. The molecule has 0 spiro atoms. The first-order valence-corrected chi connectivity index (χ1v) is 8.08. The van der Waals surface area contributed by atoms with E-state index in [9.17, 15) is 9.59 Å². The number of piperidine rings is 1. The van der Waals surface area contributed by atoms with Crippen molar-refractivity contribution in [2.75, 3.05) is 6.54 Å². The lowest BCUT2D eigenvalue weighted by molar-refractivity contribution is -0.158. The van der Waals surface area contributed by atoms with Gasteiger partial charge in [-0.1, -0.05) is 44.2 Å². The third-order valence-electron chi connectivity index (χ3n) is 3.93. The molecule has 0 N–H and O–H groups in total. The van der Waals surface area contributed by atoms with Crippen molar-refractivity contribution in [1.29, 1.82) is 0 Å². The van der Waals surface area contributed by atoms with E-state index in [1.807, 2.05) is 30.3 Å². The van der Waals surface area contributed by atoms with Gasteiger partial charge in [-0.3, -0.25) is 4.79 Å². The van der Waals surface area contributed by atoms with Crippen molar-refractivity contribution in [3.63, 3.8) is 0 Å². The average molecular weight is 303 g/mol. The Morgan fingerprint density at radius 2 is 1.95 bits per heavy atom. The normalized spacial score (nSPS) is 16.7. The molecule has 0 radical (unpaired) electrons. The van der Waals surface area contributed by atoms with Crippen molar-refractivity contribution in [3.8, 4) is 0 Å². The Hall–Kier alpha value is -1.84. The number of ether oxygens (including phenoxy) is 1. The Morgan fingerprint density at radius 3 is 2.59 bits per heavy atom. The summed E-state index contributed by atoms with van der Waals surface area (Å²) in [5.41, 5.74) is 0.962. The Bertz CT molecular complexity index is 498. The quantitative estimate of drug-likeness (QED) is 0.758. The van der Waals surface area contributed by atoms with E-state index in [0.717, 1.165) is 18.4 Å². The van der Waals surface area contributed by atoms with Crippen LogP contribution in [-0.2, 0) is 20.9 Å². The van der Waals surface area contributed by atoms with Crippen LogP contribution in [0.2, 0.25) is 0 Å². The zero-order chi connectivity index (χ0) is 15.9. The van der Waals surface area contributed by atoms with Crippen molar-refractivity contribution in [2.24, 2.45) is 5.92 Å². The Labute approximate surface area is 132 Å². The molecule has 1 aliphatic heterocycles. The van der Waals surface area contributed by atoms with Crippen LogP contribution in [0.5, 0.6) is 0 Å². The standard InChI is InChI=1S/C18H25NO3/c1-14(2)12-16(19-11-7-6-10-17(19)20)18(21)22-13-15-8-4-3-5-9-15/h3-5,8-9,14,16H,6-7,10-13H2,1-2H3/t16-/m0/s1. The predicted octanol–water partition coefficient (Wildman–Crippen LogP) is 3.16. The van der Waals surface area contributed by atoms with Gasteiger partial charge in [0.1, 0.15) is 12.6 Å². The Kier molecular flexibility index (Phi) is 5.99. The third kappa shape index (κ3) is 4.58. The molecular weight excluding hydrogens is 278 g/mol. The summed E-state index contributed by atoms with van der Waals surface area (Å²) in [4.78, 5) is 26.3. The van der Waals surface area contributed by atoms with Gasteiger partial charge < -0.3 is 9.64 Å². The number of carbonyl (C=O) groups is 2. The van der Waals surface area contributed by atoms with Gasteiger partial charge in [0, 0.05) is 13.0 Å². The molecule has 1 aliphatic rings. The molecule has 2 rings (SSSR count). The highest BCUT2D eigenvalue weighted by Gasteiger charge is 2.32. The van der Waals surface area contributed by atoms with E-state index in [-0.39, 0.29) is 18.5 Å². The lowest BCUT2D eigenvalue weighted by Crippen LogP contribution is -2.48. The topological polar surface area (TPSA) is 46.6 Å². The molecule has 1 aromatic rings. The van der Waals surface area contributed by atoms with Crippen LogP contribution in [0.4, 0.5) is 0 Å². The number of hydrogen-bond acceptors (Lipinski definition) is 3. The van der Waals surface area contributed by atoms with Crippen molar-refractivity contribution >= 4 is 11.9 Å². The van der Waals surface area contributed by atoms with Crippen LogP contribution in [0.3, 0.4) is 0 Å². The van der Waals surface area contributed by atoms with E-state index in [1.54, 1.807) is 4.90 Å². The maximum absolute atomic E-state index is 12.5. The average Bonchev–Trinajstić information content (AvgIpc) is 2.52. The smallest absolute Gasteiger partial charge is 0.329 e. The summed E-state index contributed by atoms with van der Waals surface area (Å²) >= 11 is 0. The van der Waals surface area contributed by atoms with E-state index in [4.69, 9.17) is 4.74 Å². The second-order valence-corrected chi connectivity index (χ2v) is 6.28. The largest absolute Gasteiger partial charge is 0.459 e. The molecule has 1 aromatic carbocycles. The van der Waals surface area contributed by atoms with E-state index >= 15 is 0 Å². The second-order valence-electron chi connectivity index (χ2n) is 6.28. The summed E-state index contributed by atoms with van der Waals surface area (Å²) in [7, 11) is 0. The first-order valence-electron chi connectivity index (χ1n) is 8.08. The first kappa shape index (κ1) is 16.5. The summed E-state index contributed by atoms with van der Waals surface area (Å²) in [6.07, 6.45) is 3.08. The molecule has 0 bridgehead atoms. The first-order chi connectivity index (χ1) is 10.6. The van der Waals surface area contributed by atoms with Crippen LogP contribution in [0, 0.1) is 5.92 Å². The molecule has 1 fully saturated rings. The fourth-order valence-corrected chi connectivity index (χ4v) is 2.78. The molecule has 0 unspecified atom stereocenters. The number of nitrogens with zero attached hydrogens (tertiary/aromatic N) is 1. The van der Waals surface area contributed by atoms with E-state index in [0.29, 0.717) is 25.3 Å². The van der Waals surface area contributed by atoms with Gasteiger partial charge in [0.2, 0.25) is 5.91 Å². The molecule has 0 saturated carbocycles. The molecule has 4 heteroatoms. The van der Waals surface area contributed by atoms with Gasteiger partial charge in [-0.2, -0.15) is 0 Å². The van der Waals surface area contributed by atoms with Gasteiger partial charge in [0.15, 0.2) is 0 Å². The number of amides is 1. The van der Waals surface area contributed by atoms with E-state index < -0.39 is 6.04 Å².